The van der Waals surface area contributed by atoms with Gasteiger partial charge in [-0.05, 0) is 73.4 Å². The van der Waals surface area contributed by atoms with Gasteiger partial charge in [0.15, 0.2) is 12.6 Å². The fourth-order valence-electron chi connectivity index (χ4n) is 11.8. The molecule has 4 aliphatic heterocycles. The zero-order valence-electron chi connectivity index (χ0n) is 47.5. The number of carbonyl (C=O) groups is 2. The standard InChI is InChI=1S/C55H88FN5O15S/c1-15-41-55(10,68)47(65)31(4)43(63)29(2)23-54(9,71-14)49(32(5)45(33(6)51(67)74-41)75-42-24-53(8,70-13)48(66)34(7)73-42)76-52-44(64)39(22-30(3)72-52)60(11)21-20-37-26-61(59-58-37)40(25-56)46(69-12)35-16-18-36(19-17-35)50-57-38(27-62)28-77-50/h16-19,26,29-34,38-42,44-49,52,62,64-66,68H,15,20-25,27-28H2,1-14H3/t29-,30-,31+,32+,33-,34+,38+,39+,40-,41-,42+,44-,45+,46-,47-,48+,49-,52+,53-,54-,55-/m1/s1. The number of aliphatic hydroxyl groups is 5. The van der Waals surface area contributed by atoms with E-state index in [2.05, 4.69) is 15.3 Å². The number of cyclic esters (lactones) is 1. The Kier molecular flexibility index (Phi) is 21.9. The monoisotopic (exact) mass is 1110 g/mol. The van der Waals surface area contributed by atoms with Gasteiger partial charge in [-0.3, -0.25) is 14.6 Å². The molecule has 0 spiro atoms. The van der Waals surface area contributed by atoms with Crippen LogP contribution in [0, 0.1) is 23.7 Å². The van der Waals surface area contributed by atoms with Crippen LogP contribution in [0.15, 0.2) is 35.5 Å². The van der Waals surface area contributed by atoms with Gasteiger partial charge in [0.05, 0.1) is 71.0 Å². The van der Waals surface area contributed by atoms with E-state index in [1.165, 1.54) is 39.9 Å². The number of benzene rings is 1. The Labute approximate surface area is 458 Å². The maximum atomic E-state index is 15.0. The number of thioether (sulfide) groups is 1. The summed E-state index contributed by atoms with van der Waals surface area (Å²) in [4.78, 5) is 35.4. The van der Waals surface area contributed by atoms with Gasteiger partial charge in [0.25, 0.3) is 0 Å². The van der Waals surface area contributed by atoms with E-state index in [-0.39, 0.29) is 37.7 Å². The van der Waals surface area contributed by atoms with Crippen LogP contribution in [0.4, 0.5) is 4.39 Å². The Morgan fingerprint density at radius 2 is 1.61 bits per heavy atom. The van der Waals surface area contributed by atoms with Crippen molar-refractivity contribution in [3.05, 3.63) is 47.3 Å². The molecule has 0 radical (unpaired) electrons. The molecule has 3 fully saturated rings. The van der Waals surface area contributed by atoms with E-state index in [1.807, 2.05) is 50.1 Å². The molecule has 436 valence electrons. The van der Waals surface area contributed by atoms with Gasteiger partial charge in [-0.1, -0.05) is 57.2 Å². The highest BCUT2D eigenvalue weighted by molar-refractivity contribution is 8.14. The van der Waals surface area contributed by atoms with E-state index in [0.29, 0.717) is 30.8 Å². The van der Waals surface area contributed by atoms with E-state index in [9.17, 15) is 39.5 Å². The first kappa shape index (κ1) is 63.1. The number of rotatable bonds is 18. The summed E-state index contributed by atoms with van der Waals surface area (Å²) >= 11 is 1.58. The van der Waals surface area contributed by atoms with E-state index in [1.54, 1.807) is 59.5 Å². The summed E-state index contributed by atoms with van der Waals surface area (Å²) in [6.07, 6.45) is -8.67. The molecule has 21 atom stereocenters. The molecular formula is C55H88FN5O15S. The summed E-state index contributed by atoms with van der Waals surface area (Å²) in [6, 6.07) is 6.14. The third kappa shape index (κ3) is 14.0. The number of Topliss-reactive ketones (excluding diaryl/α,β-unsaturated/α-hetero) is 1. The van der Waals surface area contributed by atoms with Gasteiger partial charge in [0.2, 0.25) is 0 Å². The Bertz CT molecular complexity index is 2260. The Hall–Kier alpha value is -3.07. The Balaban J connectivity index is 1.26. The molecular weight excluding hydrogens is 1020 g/mol. The van der Waals surface area contributed by atoms with Gasteiger partial charge in [-0.25, -0.2) is 9.07 Å². The van der Waals surface area contributed by atoms with Crippen molar-refractivity contribution in [3.63, 3.8) is 0 Å². The van der Waals surface area contributed by atoms with Crippen molar-refractivity contribution in [3.8, 4) is 0 Å². The SMILES string of the molecule is CC[C@H]1OC(=O)[C@H](C)[C@@H](O[C@H]2C[C@@](C)(OC)[C@@H](O)[C@H](C)O2)[C@H](C)[C@@H](O[C@@H]2O[C@H](C)C[C@H](N(C)CCc3cn([C@H](CF)[C@H](OC)c4ccc(C5=N[C@@H](CO)CS5)cc4)nn3)[C@H]2O)[C@](C)(OC)C[C@@H](C)C(=O)[C@H](C)[C@@H](O)[C@]1(C)O. The predicted octanol–water partition coefficient (Wildman–Crippen LogP) is 4.40. The number of esters is 1. The number of alkyl halides is 1. The van der Waals surface area contributed by atoms with Crippen LogP contribution in [0.3, 0.4) is 0 Å². The van der Waals surface area contributed by atoms with E-state index in [0.717, 1.165) is 16.2 Å². The van der Waals surface area contributed by atoms with Gasteiger partial charge in [-0.2, -0.15) is 0 Å². The zero-order chi connectivity index (χ0) is 56.9. The number of nitrogens with zero attached hydrogens (tertiary/aromatic N) is 5. The molecule has 5 heterocycles. The minimum absolute atomic E-state index is 0.0104. The number of methoxy groups -OCH3 is 3. The molecule has 0 unspecified atom stereocenters. The largest absolute Gasteiger partial charge is 0.459 e. The number of ether oxygens (including phenoxy) is 8. The van der Waals surface area contributed by atoms with Gasteiger partial charge >= 0.3 is 5.97 Å². The quantitative estimate of drug-likeness (QED) is 0.130. The van der Waals surface area contributed by atoms with Crippen LogP contribution in [-0.4, -0.2) is 206 Å². The zero-order valence-corrected chi connectivity index (χ0v) is 48.3. The molecule has 4 aliphatic rings. The number of aliphatic imine (C=N–C) groups is 1. The molecule has 0 bridgehead atoms. The van der Waals surface area contributed by atoms with Crippen molar-refractivity contribution in [1.82, 2.24) is 19.9 Å². The summed E-state index contributed by atoms with van der Waals surface area (Å²) in [6.45, 7) is 16.5. The number of aromatic nitrogens is 3. The normalized spacial score (nSPS) is 39.7. The molecule has 2 aromatic rings. The predicted molar refractivity (Wildman–Crippen MR) is 285 cm³/mol. The molecule has 22 heteroatoms. The summed E-state index contributed by atoms with van der Waals surface area (Å²) in [5.41, 5.74) is -2.23. The van der Waals surface area contributed by atoms with Crippen LogP contribution >= 0.6 is 11.8 Å². The average molecular weight is 1110 g/mol. The topological polar surface area (TPSA) is 255 Å². The summed E-state index contributed by atoms with van der Waals surface area (Å²) < 4.78 is 67.1. The fraction of sp³-hybridized carbons (Fsp3) is 0.800. The maximum Gasteiger partial charge on any atom is 0.311 e. The van der Waals surface area contributed by atoms with Gasteiger partial charge in [0, 0.05) is 82.0 Å². The molecule has 3 saturated heterocycles. The first-order valence-electron chi connectivity index (χ1n) is 27.2. The minimum atomic E-state index is -2.02. The van der Waals surface area contributed by atoms with Gasteiger partial charge < -0.3 is 68.3 Å². The Morgan fingerprint density at radius 3 is 2.21 bits per heavy atom. The van der Waals surface area contributed by atoms with Crippen LogP contribution in [0.25, 0.3) is 0 Å². The van der Waals surface area contributed by atoms with Gasteiger partial charge in [0.1, 0.15) is 48.5 Å². The molecule has 5 N–H and O–H groups in total. The maximum absolute atomic E-state index is 15.0. The summed E-state index contributed by atoms with van der Waals surface area (Å²) in [7, 11) is 6.38. The van der Waals surface area contributed by atoms with E-state index >= 15 is 0 Å². The molecule has 0 aliphatic carbocycles. The first-order valence-corrected chi connectivity index (χ1v) is 28.1. The van der Waals surface area contributed by atoms with Crippen LogP contribution in [0.5, 0.6) is 0 Å². The van der Waals surface area contributed by atoms with Crippen LogP contribution in [0.1, 0.15) is 124 Å². The van der Waals surface area contributed by atoms with Crippen molar-refractivity contribution in [2.45, 2.75) is 204 Å². The van der Waals surface area contributed by atoms with Gasteiger partial charge in [-0.15, -0.1) is 16.9 Å². The Morgan fingerprint density at radius 1 is 0.935 bits per heavy atom. The van der Waals surface area contributed by atoms with Crippen molar-refractivity contribution >= 4 is 28.6 Å². The number of hydrogen-bond donors (Lipinski definition) is 5. The molecule has 0 amide bonds. The van der Waals surface area contributed by atoms with Crippen LogP contribution < -0.4 is 0 Å². The lowest BCUT2D eigenvalue weighted by Crippen LogP contribution is -2.61. The molecule has 77 heavy (non-hydrogen) atoms. The smallest absolute Gasteiger partial charge is 0.311 e. The second-order valence-corrected chi connectivity index (χ2v) is 23.7. The highest BCUT2D eigenvalue weighted by Gasteiger charge is 2.54. The molecule has 0 saturated carbocycles. The lowest BCUT2D eigenvalue weighted by Gasteiger charge is -2.50. The number of aliphatic hydroxyl groups excluding tert-OH is 4. The van der Waals surface area contributed by atoms with Crippen molar-refractivity contribution in [1.29, 1.82) is 0 Å². The summed E-state index contributed by atoms with van der Waals surface area (Å²) in [5, 5.41) is 66.1. The third-order valence-corrected chi connectivity index (χ3v) is 18.1. The third-order valence-electron chi connectivity index (χ3n) is 17.0. The summed E-state index contributed by atoms with van der Waals surface area (Å²) in [5.74, 6) is -4.18. The molecule has 1 aromatic carbocycles. The number of likely N-dealkylation sites (N-methyl/N-ethyl adjacent to an activating group) is 1. The lowest BCUT2D eigenvalue weighted by molar-refractivity contribution is -0.319. The number of hydrogen-bond acceptors (Lipinski definition) is 20. The highest BCUT2D eigenvalue weighted by Crippen LogP contribution is 2.42. The van der Waals surface area contributed by atoms with Crippen LogP contribution in [0.2, 0.25) is 0 Å². The first-order chi connectivity index (χ1) is 36.3. The molecule has 20 nitrogen and oxygen atoms in total. The number of ketones is 1. The number of halogens is 1. The second kappa shape index (κ2) is 26.7. The van der Waals surface area contributed by atoms with Crippen molar-refractivity contribution in [2.75, 3.05) is 54.0 Å². The van der Waals surface area contributed by atoms with Crippen molar-refractivity contribution < 1.29 is 77.4 Å². The highest BCUT2D eigenvalue weighted by atomic mass is 32.2. The van der Waals surface area contributed by atoms with Crippen LogP contribution in [-0.2, 0) is 53.9 Å². The number of carbonyl (C=O) groups excluding carboxylic acids is 2. The average Bonchev–Trinajstić information content (AvgIpc) is 4.12. The molecule has 6 rings (SSSR count). The van der Waals surface area contributed by atoms with E-state index < -0.39 is 133 Å². The minimum Gasteiger partial charge on any atom is -0.459 e. The fourth-order valence-corrected chi connectivity index (χ4v) is 12.9. The van der Waals surface area contributed by atoms with E-state index in [4.69, 9.17) is 37.9 Å². The molecule has 1 aromatic heterocycles. The van der Waals surface area contributed by atoms with Crippen molar-refractivity contribution in [2.24, 2.45) is 28.7 Å². The lowest BCUT2D eigenvalue weighted by atomic mass is 9.74. The second-order valence-electron chi connectivity index (χ2n) is 22.7.